The van der Waals surface area contributed by atoms with Crippen LogP contribution in [0.25, 0.3) is 0 Å². The van der Waals surface area contributed by atoms with E-state index in [0.29, 0.717) is 22.4 Å². The number of hydrogen-bond donors (Lipinski definition) is 0. The van der Waals surface area contributed by atoms with Crippen LogP contribution in [0, 0.1) is 19.7 Å². The van der Waals surface area contributed by atoms with Crippen LogP contribution >= 0.6 is 26.6 Å². The molecule has 20 heavy (non-hydrogen) atoms. The monoisotopic (exact) mass is 380 g/mol. The fraction of sp³-hybridized carbons (Fsp3) is 0.250. The fourth-order valence-electron chi connectivity index (χ4n) is 2.00. The maximum atomic E-state index is 13.2. The summed E-state index contributed by atoms with van der Waals surface area (Å²) >= 11 is 3.11. The van der Waals surface area contributed by atoms with Gasteiger partial charge < -0.3 is 0 Å². The average molecular weight is 382 g/mol. The van der Waals surface area contributed by atoms with Crippen molar-refractivity contribution in [1.82, 2.24) is 9.78 Å². The Kier molecular flexibility index (Phi) is 4.22. The Labute approximate surface area is 129 Å². The zero-order valence-corrected chi connectivity index (χ0v) is 13.9. The number of aromatic nitrogens is 2. The van der Waals surface area contributed by atoms with Gasteiger partial charge in [-0.05, 0) is 47.5 Å². The summed E-state index contributed by atoms with van der Waals surface area (Å²) in [6, 6.07) is 4.58. The minimum atomic E-state index is -3.83. The van der Waals surface area contributed by atoms with Gasteiger partial charge in [0.05, 0.1) is 22.4 Å². The molecule has 4 nitrogen and oxygen atoms in total. The molecule has 1 aromatic carbocycles. The summed E-state index contributed by atoms with van der Waals surface area (Å²) in [5.74, 6) is -0.355. The first-order valence-electron chi connectivity index (χ1n) is 5.62. The molecule has 0 aliphatic heterocycles. The first-order chi connectivity index (χ1) is 9.20. The second-order valence-corrected chi connectivity index (χ2v) is 7.70. The lowest BCUT2D eigenvalue weighted by molar-refractivity contribution is 0.607. The van der Waals surface area contributed by atoms with E-state index in [-0.39, 0.29) is 10.7 Å². The van der Waals surface area contributed by atoms with Crippen molar-refractivity contribution in [2.45, 2.75) is 25.3 Å². The molecule has 0 atom stereocenters. The maximum absolute atomic E-state index is 13.2. The third-order valence-corrected chi connectivity index (χ3v) is 5.02. The van der Waals surface area contributed by atoms with Crippen LogP contribution in [0.5, 0.6) is 0 Å². The van der Waals surface area contributed by atoms with Crippen LogP contribution in [0.3, 0.4) is 0 Å². The molecule has 0 bridgehead atoms. The van der Waals surface area contributed by atoms with Crippen LogP contribution in [0.1, 0.15) is 17.0 Å². The molecule has 0 aliphatic carbocycles. The van der Waals surface area contributed by atoms with Crippen molar-refractivity contribution in [3.05, 3.63) is 45.4 Å². The molecule has 0 spiro atoms. The molecule has 1 heterocycles. The zero-order valence-electron chi connectivity index (χ0n) is 10.7. The number of halogens is 3. The van der Waals surface area contributed by atoms with Gasteiger partial charge in [-0.15, -0.1) is 0 Å². The van der Waals surface area contributed by atoms with E-state index in [2.05, 4.69) is 21.0 Å². The van der Waals surface area contributed by atoms with Gasteiger partial charge in [0.25, 0.3) is 9.05 Å². The van der Waals surface area contributed by atoms with Crippen molar-refractivity contribution in [3.8, 4) is 0 Å². The Morgan fingerprint density at radius 3 is 2.55 bits per heavy atom. The number of benzene rings is 1. The van der Waals surface area contributed by atoms with E-state index in [4.69, 9.17) is 10.7 Å². The van der Waals surface area contributed by atoms with Crippen molar-refractivity contribution >= 4 is 35.7 Å². The van der Waals surface area contributed by atoms with Gasteiger partial charge in [0, 0.05) is 10.7 Å². The Bertz CT molecular complexity index is 774. The molecule has 0 fully saturated rings. The first-order valence-corrected chi connectivity index (χ1v) is 8.73. The van der Waals surface area contributed by atoms with E-state index in [1.54, 1.807) is 26.0 Å². The highest BCUT2D eigenvalue weighted by Gasteiger charge is 2.22. The lowest BCUT2D eigenvalue weighted by Crippen LogP contribution is -2.05. The maximum Gasteiger partial charge on any atom is 0.264 e. The third-order valence-electron chi connectivity index (χ3n) is 2.88. The molecular weight excluding hydrogens is 371 g/mol. The fourth-order valence-corrected chi connectivity index (χ4v) is 3.95. The minimum absolute atomic E-state index is 0.0281. The Balaban J connectivity index is 2.43. The van der Waals surface area contributed by atoms with E-state index in [0.717, 1.165) is 5.56 Å². The van der Waals surface area contributed by atoms with Gasteiger partial charge in [-0.25, -0.2) is 12.8 Å². The summed E-state index contributed by atoms with van der Waals surface area (Å²) in [6.45, 7) is 3.55. The topological polar surface area (TPSA) is 52.0 Å². The predicted octanol–water partition coefficient (Wildman–Crippen LogP) is 3.38. The lowest BCUT2D eigenvalue weighted by atomic mass is 10.2. The zero-order chi connectivity index (χ0) is 15.1. The van der Waals surface area contributed by atoms with Gasteiger partial charge in [0.2, 0.25) is 0 Å². The summed E-state index contributed by atoms with van der Waals surface area (Å²) in [5, 5.41) is 4.17. The highest BCUT2D eigenvalue weighted by molar-refractivity contribution is 9.10. The molecule has 108 valence electrons. The van der Waals surface area contributed by atoms with E-state index in [1.807, 2.05) is 0 Å². The molecular formula is C12H11BrClFN2O2S. The summed E-state index contributed by atoms with van der Waals surface area (Å²) in [6.07, 6.45) is 0. The molecule has 1 aromatic heterocycles. The van der Waals surface area contributed by atoms with Crippen LogP contribution in [-0.4, -0.2) is 18.2 Å². The first kappa shape index (κ1) is 15.5. The summed E-state index contributed by atoms with van der Waals surface area (Å²) in [5.41, 5.74) is 1.60. The van der Waals surface area contributed by atoms with Gasteiger partial charge in [-0.1, -0.05) is 6.07 Å². The second-order valence-electron chi connectivity index (χ2n) is 4.34. The summed E-state index contributed by atoms with van der Waals surface area (Å²) in [7, 11) is 1.56. The SMILES string of the molecule is Cc1nn(Cc2ccc(F)c(Br)c2)c(C)c1S(=O)(=O)Cl. The number of aryl methyl sites for hydroxylation is 1. The highest BCUT2D eigenvalue weighted by Crippen LogP contribution is 2.24. The quantitative estimate of drug-likeness (QED) is 0.766. The largest absolute Gasteiger partial charge is 0.264 e. The normalized spacial score (nSPS) is 11.8. The molecule has 0 radical (unpaired) electrons. The van der Waals surface area contributed by atoms with Crippen LogP contribution in [-0.2, 0) is 15.6 Å². The van der Waals surface area contributed by atoms with Gasteiger partial charge >= 0.3 is 0 Å². The molecule has 2 aromatic rings. The lowest BCUT2D eigenvalue weighted by Gasteiger charge is -2.06. The molecule has 0 N–H and O–H groups in total. The predicted molar refractivity (Wildman–Crippen MR) is 77.9 cm³/mol. The summed E-state index contributed by atoms with van der Waals surface area (Å²) in [4.78, 5) is 0.0281. The molecule has 0 unspecified atom stereocenters. The van der Waals surface area contributed by atoms with Gasteiger partial charge in [-0.3, -0.25) is 4.68 Å². The Morgan fingerprint density at radius 2 is 2.05 bits per heavy atom. The van der Waals surface area contributed by atoms with E-state index in [9.17, 15) is 12.8 Å². The molecule has 0 saturated carbocycles. The average Bonchev–Trinajstić information content (AvgIpc) is 2.58. The Hall–Kier alpha value is -0.920. The van der Waals surface area contributed by atoms with Gasteiger partial charge in [-0.2, -0.15) is 5.10 Å². The van der Waals surface area contributed by atoms with Gasteiger partial charge in [0.15, 0.2) is 0 Å². The van der Waals surface area contributed by atoms with Crippen molar-refractivity contribution in [2.24, 2.45) is 0 Å². The summed E-state index contributed by atoms with van der Waals surface area (Å²) < 4.78 is 38.0. The van der Waals surface area contributed by atoms with E-state index in [1.165, 1.54) is 10.7 Å². The smallest absolute Gasteiger partial charge is 0.264 e. The molecule has 2 rings (SSSR count). The molecule has 0 aliphatic rings. The number of rotatable bonds is 3. The van der Waals surface area contributed by atoms with Crippen molar-refractivity contribution in [2.75, 3.05) is 0 Å². The minimum Gasteiger partial charge on any atom is -0.264 e. The molecule has 0 saturated heterocycles. The Morgan fingerprint density at radius 1 is 1.40 bits per heavy atom. The highest BCUT2D eigenvalue weighted by atomic mass is 79.9. The van der Waals surface area contributed by atoms with Crippen molar-refractivity contribution in [1.29, 1.82) is 0 Å². The van der Waals surface area contributed by atoms with Crippen LogP contribution in [0.2, 0.25) is 0 Å². The molecule has 0 amide bonds. The van der Waals surface area contributed by atoms with Crippen LogP contribution in [0.4, 0.5) is 4.39 Å². The van der Waals surface area contributed by atoms with E-state index < -0.39 is 9.05 Å². The molecule has 8 heteroatoms. The number of hydrogen-bond acceptors (Lipinski definition) is 3. The number of nitrogens with zero attached hydrogens (tertiary/aromatic N) is 2. The van der Waals surface area contributed by atoms with Crippen molar-refractivity contribution in [3.63, 3.8) is 0 Å². The standard InChI is InChI=1S/C12H11BrClFN2O2S/c1-7-12(20(14,18)19)8(2)17(16-7)6-9-3-4-11(15)10(13)5-9/h3-5H,6H2,1-2H3. The third kappa shape index (κ3) is 3.05. The van der Waals surface area contributed by atoms with Crippen LogP contribution in [0.15, 0.2) is 27.6 Å². The second kappa shape index (κ2) is 5.46. The van der Waals surface area contributed by atoms with E-state index >= 15 is 0 Å². The van der Waals surface area contributed by atoms with Gasteiger partial charge in [0.1, 0.15) is 10.7 Å². The van der Waals surface area contributed by atoms with Crippen molar-refractivity contribution < 1.29 is 12.8 Å². The van der Waals surface area contributed by atoms with Crippen LogP contribution < -0.4 is 0 Å².